The lowest BCUT2D eigenvalue weighted by Gasteiger charge is -2.05. The predicted octanol–water partition coefficient (Wildman–Crippen LogP) is 4.42. The van der Waals surface area contributed by atoms with Gasteiger partial charge in [0.1, 0.15) is 0 Å². The average molecular weight is 373 g/mol. The van der Waals surface area contributed by atoms with Gasteiger partial charge in [-0.05, 0) is 36.2 Å². The maximum Gasteiger partial charge on any atom is 0.234 e. The molecule has 0 fully saturated rings. The Morgan fingerprint density at radius 3 is 2.88 bits per heavy atom. The van der Waals surface area contributed by atoms with Crippen molar-refractivity contribution in [3.63, 3.8) is 0 Å². The van der Waals surface area contributed by atoms with Crippen molar-refractivity contribution in [1.29, 1.82) is 0 Å². The van der Waals surface area contributed by atoms with Crippen LogP contribution in [0.4, 0.5) is 5.69 Å². The van der Waals surface area contributed by atoms with Gasteiger partial charge in [-0.3, -0.25) is 9.89 Å². The molecular weight excluding hydrogens is 356 g/mol. The number of thioether (sulfide) groups is 1. The van der Waals surface area contributed by atoms with Crippen LogP contribution in [-0.2, 0) is 11.2 Å². The summed E-state index contributed by atoms with van der Waals surface area (Å²) < 4.78 is 0. The second-order valence-corrected chi connectivity index (χ2v) is 6.69. The second kappa shape index (κ2) is 8.18. The van der Waals surface area contributed by atoms with E-state index in [4.69, 9.17) is 11.6 Å². The number of amides is 1. The maximum absolute atomic E-state index is 12.1. The predicted molar refractivity (Wildman–Crippen MR) is 102 cm³/mol. The molecule has 0 saturated carbocycles. The molecule has 0 bridgehead atoms. The van der Waals surface area contributed by atoms with Crippen LogP contribution in [0.5, 0.6) is 0 Å². The summed E-state index contributed by atoms with van der Waals surface area (Å²) in [5.74, 6) is 0.724. The first-order valence-corrected chi connectivity index (χ1v) is 9.21. The number of aryl methyl sites for hydroxylation is 1. The van der Waals surface area contributed by atoms with E-state index in [2.05, 4.69) is 27.4 Å². The minimum atomic E-state index is -0.0950. The zero-order chi connectivity index (χ0) is 17.6. The number of anilines is 1. The highest BCUT2D eigenvalue weighted by Gasteiger charge is 2.11. The number of benzene rings is 2. The minimum absolute atomic E-state index is 0.0950. The van der Waals surface area contributed by atoms with Crippen LogP contribution in [0.1, 0.15) is 12.5 Å². The molecule has 0 unspecified atom stereocenters. The number of carbonyl (C=O) groups is 1. The van der Waals surface area contributed by atoms with E-state index in [-0.39, 0.29) is 11.7 Å². The average Bonchev–Trinajstić information content (AvgIpc) is 3.09. The standard InChI is InChI=1S/C18H17ClN4OS/c1-2-12-6-5-7-13(10-12)20-16(24)11-25-18-21-17(22-23-18)14-8-3-4-9-15(14)19/h3-10H,2,11H2,1H3,(H,20,24)(H,21,22,23). The number of hydrogen-bond donors (Lipinski definition) is 2. The highest BCUT2D eigenvalue weighted by Crippen LogP contribution is 2.26. The third kappa shape index (κ3) is 4.61. The Balaban J connectivity index is 1.58. The Hall–Kier alpha value is -2.31. The van der Waals surface area contributed by atoms with Crippen LogP contribution in [0, 0.1) is 0 Å². The molecule has 7 heteroatoms. The largest absolute Gasteiger partial charge is 0.325 e. The van der Waals surface area contributed by atoms with Crippen molar-refractivity contribution in [3.8, 4) is 11.4 Å². The lowest BCUT2D eigenvalue weighted by molar-refractivity contribution is -0.113. The summed E-state index contributed by atoms with van der Waals surface area (Å²) in [6.07, 6.45) is 0.931. The third-order valence-corrected chi connectivity index (χ3v) is 4.72. The van der Waals surface area contributed by atoms with Crippen LogP contribution < -0.4 is 5.32 Å². The van der Waals surface area contributed by atoms with E-state index >= 15 is 0 Å². The van der Waals surface area contributed by atoms with Crippen molar-refractivity contribution in [1.82, 2.24) is 15.2 Å². The summed E-state index contributed by atoms with van der Waals surface area (Å²) in [7, 11) is 0. The molecular formula is C18H17ClN4OS. The Kier molecular flexibility index (Phi) is 5.73. The smallest absolute Gasteiger partial charge is 0.234 e. The lowest BCUT2D eigenvalue weighted by Crippen LogP contribution is -2.14. The van der Waals surface area contributed by atoms with Crippen LogP contribution in [-0.4, -0.2) is 26.8 Å². The van der Waals surface area contributed by atoms with Crippen LogP contribution in [0.3, 0.4) is 0 Å². The van der Waals surface area contributed by atoms with Crippen molar-refractivity contribution in [3.05, 3.63) is 59.1 Å². The Bertz CT molecular complexity index is 881. The van der Waals surface area contributed by atoms with Crippen LogP contribution in [0.25, 0.3) is 11.4 Å². The van der Waals surface area contributed by atoms with Gasteiger partial charge in [-0.15, -0.1) is 5.10 Å². The van der Waals surface area contributed by atoms with Gasteiger partial charge in [0, 0.05) is 11.3 Å². The number of aromatic nitrogens is 3. The van der Waals surface area contributed by atoms with Crippen LogP contribution in [0.15, 0.2) is 53.7 Å². The number of nitrogens with zero attached hydrogens (tertiary/aromatic N) is 2. The summed E-state index contributed by atoms with van der Waals surface area (Å²) in [5.41, 5.74) is 2.77. The molecule has 0 spiro atoms. The molecule has 2 aromatic carbocycles. The first kappa shape index (κ1) is 17.5. The van der Waals surface area contributed by atoms with Gasteiger partial charge in [0.05, 0.1) is 10.8 Å². The molecule has 0 aliphatic heterocycles. The first-order valence-electron chi connectivity index (χ1n) is 7.84. The molecule has 0 saturated heterocycles. The molecule has 1 heterocycles. The number of aromatic amines is 1. The van der Waals surface area contributed by atoms with Gasteiger partial charge in [0.2, 0.25) is 11.1 Å². The van der Waals surface area contributed by atoms with E-state index in [0.29, 0.717) is 16.0 Å². The van der Waals surface area contributed by atoms with Gasteiger partial charge in [-0.2, -0.15) is 0 Å². The van der Waals surface area contributed by atoms with Crippen molar-refractivity contribution in [2.75, 3.05) is 11.1 Å². The number of H-pyrrole nitrogens is 1. The highest BCUT2D eigenvalue weighted by atomic mass is 35.5. The third-order valence-electron chi connectivity index (χ3n) is 3.55. The van der Waals surface area contributed by atoms with Gasteiger partial charge < -0.3 is 5.32 Å². The number of hydrogen-bond acceptors (Lipinski definition) is 4. The quantitative estimate of drug-likeness (QED) is 0.628. The van der Waals surface area contributed by atoms with E-state index in [1.807, 2.05) is 42.5 Å². The molecule has 0 atom stereocenters. The zero-order valence-electron chi connectivity index (χ0n) is 13.6. The minimum Gasteiger partial charge on any atom is -0.325 e. The van der Waals surface area contributed by atoms with Gasteiger partial charge in [0.25, 0.3) is 0 Å². The molecule has 0 aliphatic rings. The summed E-state index contributed by atoms with van der Waals surface area (Å²) in [6, 6.07) is 15.2. The van der Waals surface area contributed by atoms with Crippen molar-refractivity contribution in [2.45, 2.75) is 18.5 Å². The maximum atomic E-state index is 12.1. The molecule has 3 aromatic rings. The topological polar surface area (TPSA) is 70.7 Å². The van der Waals surface area contributed by atoms with E-state index in [0.717, 1.165) is 17.7 Å². The van der Waals surface area contributed by atoms with Gasteiger partial charge in [-0.1, -0.05) is 54.6 Å². The summed E-state index contributed by atoms with van der Waals surface area (Å²) in [5, 5.41) is 11.0. The molecule has 1 amide bonds. The van der Waals surface area contributed by atoms with Crippen LogP contribution >= 0.6 is 23.4 Å². The van der Waals surface area contributed by atoms with Crippen molar-refractivity contribution in [2.24, 2.45) is 0 Å². The highest BCUT2D eigenvalue weighted by molar-refractivity contribution is 7.99. The molecule has 128 valence electrons. The Morgan fingerprint density at radius 1 is 1.24 bits per heavy atom. The normalized spacial score (nSPS) is 10.6. The zero-order valence-corrected chi connectivity index (χ0v) is 15.2. The van der Waals surface area contributed by atoms with E-state index in [1.54, 1.807) is 6.07 Å². The van der Waals surface area contributed by atoms with Gasteiger partial charge in [-0.25, -0.2) is 4.98 Å². The summed E-state index contributed by atoms with van der Waals surface area (Å²) in [6.45, 7) is 2.08. The summed E-state index contributed by atoms with van der Waals surface area (Å²) >= 11 is 7.42. The molecule has 25 heavy (non-hydrogen) atoms. The molecule has 5 nitrogen and oxygen atoms in total. The number of nitrogens with one attached hydrogen (secondary N) is 2. The molecule has 0 radical (unpaired) electrons. The fourth-order valence-electron chi connectivity index (χ4n) is 2.28. The molecule has 0 aliphatic carbocycles. The molecule has 2 N–H and O–H groups in total. The fraction of sp³-hybridized carbons (Fsp3) is 0.167. The van der Waals surface area contributed by atoms with Crippen molar-refractivity contribution >= 4 is 35.0 Å². The second-order valence-electron chi connectivity index (χ2n) is 5.34. The monoisotopic (exact) mass is 372 g/mol. The molecule has 1 aromatic heterocycles. The van der Waals surface area contributed by atoms with E-state index in [1.165, 1.54) is 17.3 Å². The number of rotatable bonds is 6. The Labute approximate surface area is 155 Å². The van der Waals surface area contributed by atoms with E-state index < -0.39 is 0 Å². The van der Waals surface area contributed by atoms with E-state index in [9.17, 15) is 4.79 Å². The van der Waals surface area contributed by atoms with Gasteiger partial charge >= 0.3 is 0 Å². The Morgan fingerprint density at radius 2 is 2.08 bits per heavy atom. The van der Waals surface area contributed by atoms with Crippen molar-refractivity contribution < 1.29 is 4.79 Å². The van der Waals surface area contributed by atoms with Crippen LogP contribution in [0.2, 0.25) is 5.02 Å². The number of halogens is 1. The SMILES string of the molecule is CCc1cccc(NC(=O)CSc2n[nH]c(-c3ccccc3Cl)n2)c1. The summed E-state index contributed by atoms with van der Waals surface area (Å²) in [4.78, 5) is 16.5. The lowest BCUT2D eigenvalue weighted by atomic mass is 10.1. The van der Waals surface area contributed by atoms with Gasteiger partial charge in [0.15, 0.2) is 5.82 Å². The fourth-order valence-corrected chi connectivity index (χ4v) is 3.10. The number of carbonyl (C=O) groups excluding carboxylic acids is 1. The molecule has 3 rings (SSSR count). The first-order chi connectivity index (χ1) is 12.2.